The van der Waals surface area contributed by atoms with Gasteiger partial charge in [-0.1, -0.05) is 0 Å². The Labute approximate surface area is 178 Å². The second-order valence-electron chi connectivity index (χ2n) is 8.07. The van der Waals surface area contributed by atoms with Crippen LogP contribution in [-0.2, 0) is 20.7 Å². The van der Waals surface area contributed by atoms with Gasteiger partial charge >= 0.3 is 12.2 Å². The average molecular weight is 448 g/mol. The molecule has 3 aliphatic rings. The smallest absolute Gasteiger partial charge is 0.449 e. The summed E-state index contributed by atoms with van der Waals surface area (Å²) in [6.07, 6.45) is -2.99. The van der Waals surface area contributed by atoms with Gasteiger partial charge in [-0.25, -0.2) is 14.0 Å². The highest BCUT2D eigenvalue weighted by Crippen LogP contribution is 2.49. The summed E-state index contributed by atoms with van der Waals surface area (Å²) >= 11 is 0. The molecule has 13 heteroatoms. The molecule has 0 bridgehead atoms. The van der Waals surface area contributed by atoms with Crippen molar-refractivity contribution in [3.63, 3.8) is 0 Å². The van der Waals surface area contributed by atoms with Gasteiger partial charge in [0.1, 0.15) is 0 Å². The van der Waals surface area contributed by atoms with Gasteiger partial charge < -0.3 is 24.0 Å². The molecule has 0 unspecified atom stereocenters. The number of halogens is 1. The Balaban J connectivity index is 1.76. The molecule has 32 heavy (non-hydrogen) atoms. The van der Waals surface area contributed by atoms with Crippen molar-refractivity contribution in [2.24, 2.45) is 5.41 Å². The number of rotatable bonds is 1. The highest BCUT2D eigenvalue weighted by Gasteiger charge is 2.63. The summed E-state index contributed by atoms with van der Waals surface area (Å²) in [4.78, 5) is 50.4. The molecule has 0 saturated carbocycles. The van der Waals surface area contributed by atoms with Crippen LogP contribution in [0.4, 0.5) is 19.7 Å². The first kappa shape index (κ1) is 20.2. The van der Waals surface area contributed by atoms with Crippen LogP contribution in [-0.4, -0.2) is 59.1 Å². The van der Waals surface area contributed by atoms with Gasteiger partial charge in [0.15, 0.2) is 11.2 Å². The second-order valence-corrected chi connectivity index (χ2v) is 8.07. The van der Waals surface area contributed by atoms with E-state index in [0.717, 1.165) is 0 Å². The molecule has 12 nitrogen and oxygen atoms in total. The third-order valence-electron chi connectivity index (χ3n) is 6.12. The van der Waals surface area contributed by atoms with Crippen molar-refractivity contribution < 1.29 is 42.7 Å². The van der Waals surface area contributed by atoms with Gasteiger partial charge in [0, 0.05) is 13.0 Å². The van der Waals surface area contributed by atoms with Gasteiger partial charge in [-0.05, 0) is 30.6 Å². The van der Waals surface area contributed by atoms with Crippen LogP contribution in [0.1, 0.15) is 19.4 Å². The number of aromatic nitrogens is 1. The first-order chi connectivity index (χ1) is 15.1. The highest BCUT2D eigenvalue weighted by molar-refractivity contribution is 6.20. The molecule has 2 saturated heterocycles. The van der Waals surface area contributed by atoms with E-state index >= 15 is 4.39 Å². The first-order valence-electron chi connectivity index (χ1n) is 9.74. The molecule has 4 heterocycles. The van der Waals surface area contributed by atoms with Crippen molar-refractivity contribution >= 4 is 40.7 Å². The van der Waals surface area contributed by atoms with Crippen LogP contribution in [0.3, 0.4) is 0 Å². The zero-order chi connectivity index (χ0) is 22.9. The van der Waals surface area contributed by atoms with Crippen LogP contribution >= 0.6 is 0 Å². The van der Waals surface area contributed by atoms with Gasteiger partial charge in [0.2, 0.25) is 17.4 Å². The van der Waals surface area contributed by atoms with Gasteiger partial charge in [0.05, 0.1) is 29.3 Å². The van der Waals surface area contributed by atoms with E-state index in [9.17, 15) is 19.2 Å². The number of carboxylic acid groups (broad SMARTS) is 1. The summed E-state index contributed by atoms with van der Waals surface area (Å²) in [5.74, 6) is -2.96. The number of nitrogens with one attached hydrogen (secondary N) is 2. The fraction of sp³-hybridized carbons (Fsp3) is 0.421. The number of carbonyl (C=O) groups is 4. The van der Waals surface area contributed by atoms with Crippen molar-refractivity contribution in [3.05, 3.63) is 17.4 Å². The molecule has 1 aromatic carbocycles. The van der Waals surface area contributed by atoms with E-state index in [0.29, 0.717) is 0 Å². The molecule has 0 radical (unpaired) electrons. The lowest BCUT2D eigenvalue weighted by molar-refractivity contribution is -0.153. The molecular formula is C19H17FN4O8. The Bertz CT molecular complexity index is 1190. The number of benzene rings is 1. The third kappa shape index (κ3) is 2.60. The van der Waals surface area contributed by atoms with Gasteiger partial charge in [0.25, 0.3) is 5.88 Å². The highest BCUT2D eigenvalue weighted by atomic mass is 19.1. The van der Waals surface area contributed by atoms with Crippen molar-refractivity contribution in [2.75, 3.05) is 11.4 Å². The minimum absolute atomic E-state index is 0.0701. The lowest BCUT2D eigenvalue weighted by Gasteiger charge is -2.55. The molecule has 3 atom stereocenters. The van der Waals surface area contributed by atoms with E-state index in [1.165, 1.54) is 6.07 Å². The molecular weight excluding hydrogens is 431 g/mol. The Morgan fingerprint density at radius 3 is 2.66 bits per heavy atom. The summed E-state index contributed by atoms with van der Waals surface area (Å²) in [7, 11) is 0. The van der Waals surface area contributed by atoms with E-state index < -0.39 is 53.3 Å². The fourth-order valence-electron chi connectivity index (χ4n) is 5.08. The zero-order valence-corrected chi connectivity index (χ0v) is 16.8. The van der Waals surface area contributed by atoms with Crippen LogP contribution in [0, 0.1) is 11.2 Å². The number of barbiturate groups is 1. The lowest BCUT2D eigenvalue weighted by atomic mass is 9.66. The summed E-state index contributed by atoms with van der Waals surface area (Å²) in [6.45, 7) is 3.58. The van der Waals surface area contributed by atoms with E-state index in [-0.39, 0.29) is 41.3 Å². The van der Waals surface area contributed by atoms with Crippen LogP contribution < -0.4 is 20.3 Å². The Morgan fingerprint density at radius 1 is 1.31 bits per heavy atom. The van der Waals surface area contributed by atoms with Gasteiger partial charge in [-0.2, -0.15) is 0 Å². The third-order valence-corrected chi connectivity index (χ3v) is 6.12. The van der Waals surface area contributed by atoms with Crippen molar-refractivity contribution in [1.82, 2.24) is 15.8 Å². The predicted molar refractivity (Wildman–Crippen MR) is 102 cm³/mol. The van der Waals surface area contributed by atoms with Crippen LogP contribution in [0.25, 0.3) is 11.0 Å². The van der Waals surface area contributed by atoms with Gasteiger partial charge in [-0.3, -0.25) is 20.2 Å². The summed E-state index contributed by atoms with van der Waals surface area (Å²) in [6, 6.07) is -0.495. The van der Waals surface area contributed by atoms with Crippen molar-refractivity contribution in [3.8, 4) is 5.88 Å². The maximum atomic E-state index is 15.7. The minimum atomic E-state index is -1.80. The normalized spacial score (nSPS) is 26.4. The quantitative estimate of drug-likeness (QED) is 0.423. The summed E-state index contributed by atoms with van der Waals surface area (Å²) < 4.78 is 31.1. The monoisotopic (exact) mass is 448 g/mol. The maximum Gasteiger partial charge on any atom is 0.512 e. The minimum Gasteiger partial charge on any atom is -0.449 e. The van der Waals surface area contributed by atoms with Crippen LogP contribution in [0.5, 0.6) is 5.88 Å². The number of hydrogen-bond donors (Lipinski definition) is 3. The summed E-state index contributed by atoms with van der Waals surface area (Å²) in [5.41, 5.74) is -1.81. The Hall–Kier alpha value is -3.74. The number of nitrogens with zero attached hydrogens (tertiary/aromatic N) is 2. The number of anilines is 1. The number of hydrogen-bond acceptors (Lipinski definition) is 9. The number of imide groups is 2. The van der Waals surface area contributed by atoms with Crippen LogP contribution in [0.2, 0.25) is 0 Å². The molecule has 2 fully saturated rings. The second kappa shape index (κ2) is 6.63. The van der Waals surface area contributed by atoms with E-state index in [4.69, 9.17) is 14.4 Å². The Morgan fingerprint density at radius 2 is 2.00 bits per heavy atom. The number of ether oxygens (including phenoxy) is 2. The first-order valence-corrected chi connectivity index (χ1v) is 9.74. The van der Waals surface area contributed by atoms with Crippen LogP contribution in [0.15, 0.2) is 10.6 Å². The van der Waals surface area contributed by atoms with Gasteiger partial charge in [-0.15, -0.1) is 0 Å². The number of morpholine rings is 1. The molecule has 3 aliphatic heterocycles. The van der Waals surface area contributed by atoms with Crippen molar-refractivity contribution in [1.29, 1.82) is 0 Å². The predicted octanol–water partition coefficient (Wildman–Crippen LogP) is 0.914. The number of fused-ring (bicyclic) bond motifs is 5. The summed E-state index contributed by atoms with van der Waals surface area (Å²) in [5, 5.41) is 16.6. The SMILES string of the molecule is C[C@H]1CN2c3c(cc4c(OC(=O)O)noc4c3F)CC3(C(=O)NC(=O)NC3=O)[C@@H]2[C@@H](C)O1. The molecule has 168 valence electrons. The number of amides is 4. The topological polar surface area (TPSA) is 160 Å². The number of urea groups is 1. The molecule has 1 spiro atoms. The molecule has 1 aromatic heterocycles. The fourth-order valence-corrected chi connectivity index (χ4v) is 5.08. The van der Waals surface area contributed by atoms with E-state index in [2.05, 4.69) is 20.5 Å². The molecule has 4 amide bonds. The largest absolute Gasteiger partial charge is 0.512 e. The maximum absolute atomic E-state index is 15.7. The van der Waals surface area contributed by atoms with E-state index in [1.54, 1.807) is 18.7 Å². The van der Waals surface area contributed by atoms with Crippen molar-refractivity contribution in [2.45, 2.75) is 38.5 Å². The molecule has 5 rings (SSSR count). The molecule has 0 aliphatic carbocycles. The lowest BCUT2D eigenvalue weighted by Crippen LogP contribution is -2.75. The van der Waals surface area contributed by atoms with E-state index in [1.807, 2.05) is 0 Å². The Kier molecular flexibility index (Phi) is 4.18. The average Bonchev–Trinajstić information content (AvgIpc) is 3.07. The molecule has 2 aromatic rings. The zero-order valence-electron chi connectivity index (χ0n) is 16.8. The molecule has 3 N–H and O–H groups in total. The number of carbonyl (C=O) groups excluding carboxylic acids is 3. The standard InChI is InChI=1S/C19H17FN4O8/c1-6-5-24-11-8(3-9-12(10(11)20)32-23-14(9)31-18(28)29)4-19(13(24)7(2)30-6)15(25)21-17(27)22-16(19)26/h3,6-7,13H,4-5H2,1-2H3,(H,28,29)(H2,21,22,25,26,27)/t6-,7+,13-/m0/s1.